The van der Waals surface area contributed by atoms with Crippen LogP contribution in [0.15, 0.2) is 54.4 Å². The van der Waals surface area contributed by atoms with E-state index in [-0.39, 0.29) is 10.9 Å². The summed E-state index contributed by atoms with van der Waals surface area (Å²) in [5.74, 6) is -0.0130. The van der Waals surface area contributed by atoms with E-state index in [1.807, 2.05) is 30.3 Å². The summed E-state index contributed by atoms with van der Waals surface area (Å²) in [5.41, 5.74) is 1.55. The zero-order valence-corrected chi connectivity index (χ0v) is 12.4. The highest BCUT2D eigenvalue weighted by Crippen LogP contribution is 2.24. The molecule has 21 heavy (non-hydrogen) atoms. The van der Waals surface area contributed by atoms with E-state index in [0.29, 0.717) is 11.3 Å². The van der Waals surface area contributed by atoms with Crippen LogP contribution in [0.3, 0.4) is 0 Å². The molecular formula is C16H14ClNO3. The fourth-order valence-electron chi connectivity index (χ4n) is 1.75. The molecule has 0 aliphatic rings. The van der Waals surface area contributed by atoms with Crippen LogP contribution < -0.4 is 4.74 Å². The largest absolute Gasteiger partial charge is 0.463 e. The quantitative estimate of drug-likeness (QED) is 0.374. The molecule has 1 heterocycles. The number of allylic oxidation sites excluding steroid dienone is 1. The molecule has 0 amide bonds. The molecule has 2 aromatic rings. The monoisotopic (exact) mass is 303 g/mol. The van der Waals surface area contributed by atoms with Gasteiger partial charge in [-0.05, 0) is 18.6 Å². The third-order valence-corrected chi connectivity index (χ3v) is 3.04. The summed E-state index contributed by atoms with van der Waals surface area (Å²) in [5, 5.41) is 0.286. The predicted octanol–water partition coefficient (Wildman–Crippen LogP) is 3.72. The van der Waals surface area contributed by atoms with Gasteiger partial charge in [0.05, 0.1) is 7.11 Å². The lowest BCUT2D eigenvalue weighted by Crippen LogP contribution is -2.13. The van der Waals surface area contributed by atoms with Crippen LogP contribution in [-0.4, -0.2) is 18.1 Å². The third-order valence-electron chi connectivity index (χ3n) is 2.84. The molecule has 0 fully saturated rings. The van der Waals surface area contributed by atoms with Crippen molar-refractivity contribution in [1.82, 2.24) is 4.98 Å². The van der Waals surface area contributed by atoms with Gasteiger partial charge in [-0.15, -0.1) is 0 Å². The number of halogens is 1. The Balaban J connectivity index is 2.41. The Morgan fingerprint density at radius 2 is 1.90 bits per heavy atom. The van der Waals surface area contributed by atoms with Crippen LogP contribution in [0.5, 0.6) is 5.75 Å². The zero-order valence-electron chi connectivity index (χ0n) is 11.7. The first-order chi connectivity index (χ1) is 10.1. The lowest BCUT2D eigenvalue weighted by molar-refractivity contribution is -0.138. The smallest absolute Gasteiger partial charge is 0.374 e. The highest BCUT2D eigenvalue weighted by molar-refractivity contribution is 6.29. The molecule has 2 rings (SSSR count). The van der Waals surface area contributed by atoms with Crippen molar-refractivity contribution in [3.63, 3.8) is 0 Å². The molecule has 0 aliphatic carbocycles. The van der Waals surface area contributed by atoms with Gasteiger partial charge in [0.15, 0.2) is 0 Å². The summed E-state index contributed by atoms with van der Waals surface area (Å²) < 4.78 is 10.4. The van der Waals surface area contributed by atoms with Crippen molar-refractivity contribution in [3.8, 4) is 5.75 Å². The number of aromatic nitrogens is 1. The Kier molecular flexibility index (Phi) is 4.95. The maximum Gasteiger partial charge on any atom is 0.374 e. The summed E-state index contributed by atoms with van der Waals surface area (Å²) in [6.45, 7) is 1.80. The average molecular weight is 304 g/mol. The molecule has 0 unspecified atom stereocenters. The van der Waals surface area contributed by atoms with Crippen molar-refractivity contribution in [3.05, 3.63) is 65.1 Å². The van der Waals surface area contributed by atoms with Crippen LogP contribution in [0.2, 0.25) is 5.15 Å². The first-order valence-corrected chi connectivity index (χ1v) is 6.63. The van der Waals surface area contributed by atoms with E-state index in [1.54, 1.807) is 13.0 Å². The number of hydrogen-bond acceptors (Lipinski definition) is 4. The van der Waals surface area contributed by atoms with Gasteiger partial charge in [0.25, 0.3) is 0 Å². The zero-order chi connectivity index (χ0) is 15.2. The van der Waals surface area contributed by atoms with E-state index < -0.39 is 5.97 Å². The van der Waals surface area contributed by atoms with E-state index in [2.05, 4.69) is 4.98 Å². The van der Waals surface area contributed by atoms with E-state index in [0.717, 1.165) is 5.56 Å². The number of benzene rings is 1. The van der Waals surface area contributed by atoms with Crippen molar-refractivity contribution in [1.29, 1.82) is 0 Å². The van der Waals surface area contributed by atoms with Crippen LogP contribution in [0.1, 0.15) is 12.5 Å². The van der Waals surface area contributed by atoms with Crippen molar-refractivity contribution in [2.24, 2.45) is 0 Å². The Morgan fingerprint density at radius 1 is 1.19 bits per heavy atom. The highest BCUT2D eigenvalue weighted by Gasteiger charge is 2.17. The minimum Gasteiger partial charge on any atom is -0.463 e. The maximum absolute atomic E-state index is 12.0. The Labute approximate surface area is 128 Å². The van der Waals surface area contributed by atoms with Crippen molar-refractivity contribution in [2.75, 3.05) is 7.11 Å². The summed E-state index contributed by atoms with van der Waals surface area (Å²) in [6, 6.07) is 12.6. The summed E-state index contributed by atoms with van der Waals surface area (Å²) in [4.78, 5) is 15.8. The van der Waals surface area contributed by atoms with Crippen LogP contribution in [0, 0.1) is 0 Å². The topological polar surface area (TPSA) is 48.4 Å². The van der Waals surface area contributed by atoms with Gasteiger partial charge in [-0.1, -0.05) is 41.9 Å². The van der Waals surface area contributed by atoms with Crippen molar-refractivity contribution in [2.45, 2.75) is 6.92 Å². The molecule has 0 saturated carbocycles. The average Bonchev–Trinajstić information content (AvgIpc) is 2.52. The van der Waals surface area contributed by atoms with Gasteiger partial charge in [-0.2, -0.15) is 0 Å². The number of hydrogen-bond donors (Lipinski definition) is 0. The number of carbonyl (C=O) groups excluding carboxylic acids is 1. The van der Waals surface area contributed by atoms with Gasteiger partial charge >= 0.3 is 5.97 Å². The number of carbonyl (C=O) groups is 1. The molecule has 0 saturated heterocycles. The van der Waals surface area contributed by atoms with Gasteiger partial charge in [-0.25, -0.2) is 9.78 Å². The van der Waals surface area contributed by atoms with Gasteiger partial charge < -0.3 is 9.47 Å². The minimum absolute atomic E-state index is 0.117. The first kappa shape index (κ1) is 15.1. The highest BCUT2D eigenvalue weighted by atomic mass is 35.5. The standard InChI is InChI=1S/C16H14ClNO3/c1-11(12-6-4-3-5-7-12)15(16(19)20-2)21-13-8-9-18-14(17)10-13/h3-10H,1-2H3/b15-11+. The molecule has 0 bridgehead atoms. The molecule has 1 aromatic heterocycles. The SMILES string of the molecule is COC(=O)/C(Oc1ccnc(Cl)c1)=C(/C)c1ccccc1. The lowest BCUT2D eigenvalue weighted by Gasteiger charge is -2.12. The fraction of sp³-hybridized carbons (Fsp3) is 0.125. The van der Waals surface area contributed by atoms with Gasteiger partial charge in [0, 0.05) is 17.8 Å². The molecule has 0 atom stereocenters. The van der Waals surface area contributed by atoms with E-state index in [4.69, 9.17) is 21.1 Å². The summed E-state index contributed by atoms with van der Waals surface area (Å²) >= 11 is 5.81. The molecular weight excluding hydrogens is 290 g/mol. The van der Waals surface area contributed by atoms with E-state index in [1.165, 1.54) is 19.4 Å². The second kappa shape index (κ2) is 6.90. The van der Waals surface area contributed by atoms with E-state index in [9.17, 15) is 4.79 Å². The number of esters is 1. The predicted molar refractivity (Wildman–Crippen MR) is 80.9 cm³/mol. The Hall–Kier alpha value is -2.33. The number of pyridine rings is 1. The van der Waals surface area contributed by atoms with Crippen molar-refractivity contribution < 1.29 is 14.3 Å². The molecule has 1 aromatic carbocycles. The normalized spacial score (nSPS) is 11.6. The van der Waals surface area contributed by atoms with Gasteiger partial charge in [-0.3, -0.25) is 0 Å². The second-order valence-electron chi connectivity index (χ2n) is 4.23. The number of nitrogens with zero attached hydrogens (tertiary/aromatic N) is 1. The molecule has 5 heteroatoms. The van der Waals surface area contributed by atoms with Crippen LogP contribution in [0.4, 0.5) is 0 Å². The van der Waals surface area contributed by atoms with Crippen LogP contribution in [0.25, 0.3) is 5.57 Å². The molecule has 0 radical (unpaired) electrons. The van der Waals surface area contributed by atoms with Crippen molar-refractivity contribution >= 4 is 23.1 Å². The Morgan fingerprint density at radius 3 is 2.52 bits per heavy atom. The summed E-state index contributed by atoms with van der Waals surface area (Å²) in [6.07, 6.45) is 1.50. The molecule has 0 aliphatic heterocycles. The first-order valence-electron chi connectivity index (χ1n) is 6.26. The van der Waals surface area contributed by atoms with Gasteiger partial charge in [0.2, 0.25) is 5.76 Å². The number of rotatable bonds is 4. The molecule has 4 nitrogen and oxygen atoms in total. The molecule has 0 N–H and O–H groups in total. The summed E-state index contributed by atoms with van der Waals surface area (Å²) in [7, 11) is 1.31. The van der Waals surface area contributed by atoms with Gasteiger partial charge in [0.1, 0.15) is 10.9 Å². The molecule has 108 valence electrons. The maximum atomic E-state index is 12.0. The van der Waals surface area contributed by atoms with Crippen LogP contribution >= 0.6 is 11.6 Å². The second-order valence-corrected chi connectivity index (χ2v) is 4.62. The fourth-order valence-corrected chi connectivity index (χ4v) is 1.91. The lowest BCUT2D eigenvalue weighted by atomic mass is 10.1. The molecule has 0 spiro atoms. The van der Waals surface area contributed by atoms with Crippen LogP contribution in [-0.2, 0) is 9.53 Å². The third kappa shape index (κ3) is 3.83. The number of methoxy groups -OCH3 is 1. The Bertz CT molecular complexity index is 668. The minimum atomic E-state index is -0.552. The van der Waals surface area contributed by atoms with E-state index >= 15 is 0 Å². The number of ether oxygens (including phenoxy) is 2.